The van der Waals surface area contributed by atoms with Crippen LogP contribution in [0.25, 0.3) is 0 Å². The molecule has 1 aliphatic rings. The second kappa shape index (κ2) is 5.56. The Morgan fingerprint density at radius 2 is 2.10 bits per heavy atom. The lowest BCUT2D eigenvalue weighted by molar-refractivity contribution is 0.0973. The maximum atomic E-state index is 12.8. The fourth-order valence-electron chi connectivity index (χ4n) is 2.76. The molecule has 0 aliphatic carbocycles. The summed E-state index contributed by atoms with van der Waals surface area (Å²) >= 11 is 0. The van der Waals surface area contributed by atoms with Gasteiger partial charge in [0, 0.05) is 24.9 Å². The van der Waals surface area contributed by atoms with E-state index in [0.29, 0.717) is 48.4 Å². The molecule has 3 rings (SSSR count). The molecule has 1 amide bonds. The van der Waals surface area contributed by atoms with Crippen molar-refractivity contribution < 1.29 is 14.0 Å². The Morgan fingerprint density at radius 3 is 2.90 bits per heavy atom. The lowest BCUT2D eigenvalue weighted by atomic mass is 10.1. The number of nitrogens with zero attached hydrogens (tertiary/aromatic N) is 1. The zero-order chi connectivity index (χ0) is 14.8. The Hall–Kier alpha value is -2.36. The molecule has 1 aromatic carbocycles. The Balaban J connectivity index is 2.04. The third-order valence-corrected chi connectivity index (χ3v) is 3.82. The van der Waals surface area contributed by atoms with Gasteiger partial charge in [-0.3, -0.25) is 9.59 Å². The Bertz CT molecular complexity index is 687. The maximum Gasteiger partial charge on any atom is 0.261 e. The molecule has 2 heterocycles. The van der Waals surface area contributed by atoms with Crippen molar-refractivity contribution in [1.82, 2.24) is 0 Å². The van der Waals surface area contributed by atoms with Crippen LogP contribution in [0.5, 0.6) is 0 Å². The minimum absolute atomic E-state index is 0.0947. The zero-order valence-electron chi connectivity index (χ0n) is 12.0. The molecule has 0 unspecified atom stereocenters. The van der Waals surface area contributed by atoms with Crippen molar-refractivity contribution in [2.45, 2.75) is 26.2 Å². The van der Waals surface area contributed by atoms with Gasteiger partial charge in [0.15, 0.2) is 5.78 Å². The molecule has 21 heavy (non-hydrogen) atoms. The number of rotatable bonds is 2. The van der Waals surface area contributed by atoms with Crippen molar-refractivity contribution in [2.24, 2.45) is 0 Å². The highest BCUT2D eigenvalue weighted by atomic mass is 16.3. The van der Waals surface area contributed by atoms with E-state index in [0.717, 1.165) is 0 Å². The van der Waals surface area contributed by atoms with Gasteiger partial charge in [-0.1, -0.05) is 19.1 Å². The third kappa shape index (κ3) is 2.37. The van der Waals surface area contributed by atoms with Gasteiger partial charge in [0.25, 0.3) is 5.91 Å². The quantitative estimate of drug-likeness (QED) is 0.848. The van der Waals surface area contributed by atoms with Crippen molar-refractivity contribution in [2.75, 3.05) is 11.4 Å². The first kappa shape index (κ1) is 13.6. The number of carbonyl (C=O) groups is 2. The largest absolute Gasteiger partial charge is 0.469 e. The second-order valence-corrected chi connectivity index (χ2v) is 5.11. The van der Waals surface area contributed by atoms with Crippen LogP contribution in [-0.4, -0.2) is 18.2 Å². The minimum Gasteiger partial charge on any atom is -0.469 e. The SMILES string of the molecule is CCc1occc1C(=O)N1CCCC(=O)c2ccccc21. The van der Waals surface area contributed by atoms with Crippen LogP contribution in [0.3, 0.4) is 0 Å². The van der Waals surface area contributed by atoms with E-state index in [9.17, 15) is 9.59 Å². The van der Waals surface area contributed by atoms with Crippen molar-refractivity contribution in [3.05, 3.63) is 53.5 Å². The first-order valence-corrected chi connectivity index (χ1v) is 7.23. The standard InChI is InChI=1S/C17H17NO3/c1-2-16-13(9-11-21-16)17(20)18-10-5-8-15(19)12-6-3-4-7-14(12)18/h3-4,6-7,9,11H,2,5,8,10H2,1H3. The normalized spacial score (nSPS) is 14.7. The van der Waals surface area contributed by atoms with Crippen LogP contribution in [0.4, 0.5) is 5.69 Å². The van der Waals surface area contributed by atoms with Crippen LogP contribution in [0, 0.1) is 0 Å². The molecular weight excluding hydrogens is 266 g/mol. The second-order valence-electron chi connectivity index (χ2n) is 5.11. The molecule has 4 heteroatoms. The van der Waals surface area contributed by atoms with Crippen LogP contribution in [0.2, 0.25) is 0 Å². The number of para-hydroxylation sites is 1. The zero-order valence-corrected chi connectivity index (χ0v) is 12.0. The maximum absolute atomic E-state index is 12.8. The predicted molar refractivity (Wildman–Crippen MR) is 79.8 cm³/mol. The van der Waals surface area contributed by atoms with E-state index in [1.165, 1.54) is 0 Å². The monoisotopic (exact) mass is 283 g/mol. The summed E-state index contributed by atoms with van der Waals surface area (Å²) in [5.74, 6) is 0.694. The van der Waals surface area contributed by atoms with Gasteiger partial charge in [-0.2, -0.15) is 0 Å². The van der Waals surface area contributed by atoms with E-state index in [1.54, 1.807) is 23.3 Å². The number of hydrogen-bond acceptors (Lipinski definition) is 3. The molecule has 108 valence electrons. The number of anilines is 1. The van der Waals surface area contributed by atoms with Gasteiger partial charge in [-0.05, 0) is 24.6 Å². The number of amides is 1. The van der Waals surface area contributed by atoms with Gasteiger partial charge in [0.1, 0.15) is 5.76 Å². The number of aryl methyl sites for hydroxylation is 1. The summed E-state index contributed by atoms with van der Waals surface area (Å²) in [5.41, 5.74) is 1.92. The van der Waals surface area contributed by atoms with E-state index in [-0.39, 0.29) is 11.7 Å². The molecule has 0 saturated heterocycles. The highest BCUT2D eigenvalue weighted by Gasteiger charge is 2.27. The Kier molecular flexibility index (Phi) is 3.60. The van der Waals surface area contributed by atoms with E-state index < -0.39 is 0 Å². The molecule has 0 radical (unpaired) electrons. The molecule has 0 bridgehead atoms. The average molecular weight is 283 g/mol. The molecule has 2 aromatic rings. The molecule has 1 aromatic heterocycles. The van der Waals surface area contributed by atoms with Crippen LogP contribution < -0.4 is 4.90 Å². The number of fused-ring (bicyclic) bond motifs is 1. The lowest BCUT2D eigenvalue weighted by Gasteiger charge is -2.22. The van der Waals surface area contributed by atoms with Gasteiger partial charge >= 0.3 is 0 Å². The van der Waals surface area contributed by atoms with Crippen LogP contribution in [0.15, 0.2) is 41.0 Å². The summed E-state index contributed by atoms with van der Waals surface area (Å²) in [5, 5.41) is 0. The van der Waals surface area contributed by atoms with Gasteiger partial charge in [-0.15, -0.1) is 0 Å². The van der Waals surface area contributed by atoms with Crippen molar-refractivity contribution in [3.63, 3.8) is 0 Å². The summed E-state index contributed by atoms with van der Waals surface area (Å²) in [6.45, 7) is 2.51. The molecule has 0 atom stereocenters. The first-order chi connectivity index (χ1) is 10.2. The average Bonchev–Trinajstić information content (AvgIpc) is 2.93. The number of ketones is 1. The summed E-state index contributed by atoms with van der Waals surface area (Å²) in [6, 6.07) is 9.02. The number of benzene rings is 1. The van der Waals surface area contributed by atoms with Crippen molar-refractivity contribution in [1.29, 1.82) is 0 Å². The molecule has 1 aliphatic heterocycles. The first-order valence-electron chi connectivity index (χ1n) is 7.23. The highest BCUT2D eigenvalue weighted by Crippen LogP contribution is 2.28. The van der Waals surface area contributed by atoms with Crippen molar-refractivity contribution in [3.8, 4) is 0 Å². The molecule has 0 saturated carbocycles. The summed E-state index contributed by atoms with van der Waals surface area (Å²) < 4.78 is 5.35. The third-order valence-electron chi connectivity index (χ3n) is 3.82. The molecule has 0 spiro atoms. The highest BCUT2D eigenvalue weighted by molar-refractivity contribution is 6.12. The molecule has 4 nitrogen and oxygen atoms in total. The summed E-state index contributed by atoms with van der Waals surface area (Å²) in [6.07, 6.45) is 3.37. The number of hydrogen-bond donors (Lipinski definition) is 0. The van der Waals surface area contributed by atoms with Gasteiger partial charge in [0.05, 0.1) is 17.5 Å². The minimum atomic E-state index is -0.0947. The Morgan fingerprint density at radius 1 is 1.29 bits per heavy atom. The van der Waals surface area contributed by atoms with E-state index in [4.69, 9.17) is 4.42 Å². The van der Waals surface area contributed by atoms with Gasteiger partial charge in [0.2, 0.25) is 0 Å². The van der Waals surface area contributed by atoms with E-state index >= 15 is 0 Å². The van der Waals surface area contributed by atoms with Gasteiger partial charge < -0.3 is 9.32 Å². The van der Waals surface area contributed by atoms with Crippen LogP contribution in [0.1, 0.15) is 46.2 Å². The summed E-state index contributed by atoms with van der Waals surface area (Å²) in [4.78, 5) is 26.6. The van der Waals surface area contributed by atoms with E-state index in [2.05, 4.69) is 0 Å². The van der Waals surface area contributed by atoms with Gasteiger partial charge in [-0.25, -0.2) is 0 Å². The fourth-order valence-corrected chi connectivity index (χ4v) is 2.76. The number of carbonyl (C=O) groups excluding carboxylic acids is 2. The van der Waals surface area contributed by atoms with E-state index in [1.807, 2.05) is 25.1 Å². The smallest absolute Gasteiger partial charge is 0.261 e. The summed E-state index contributed by atoms with van der Waals surface area (Å²) in [7, 11) is 0. The Labute approximate surface area is 123 Å². The molecular formula is C17H17NO3. The predicted octanol–water partition coefficient (Wildman–Crippen LogP) is 3.47. The lowest BCUT2D eigenvalue weighted by Crippen LogP contribution is -2.32. The molecule has 0 N–H and O–H groups in total. The van der Waals surface area contributed by atoms with Crippen LogP contribution >= 0.6 is 0 Å². The van der Waals surface area contributed by atoms with Crippen molar-refractivity contribution >= 4 is 17.4 Å². The fraction of sp³-hybridized carbons (Fsp3) is 0.294. The number of Topliss-reactive ketones (excluding diaryl/α,β-unsaturated/α-hetero) is 1. The number of furan rings is 1. The topological polar surface area (TPSA) is 50.5 Å². The van der Waals surface area contributed by atoms with Crippen LogP contribution in [-0.2, 0) is 6.42 Å². The molecule has 0 fully saturated rings.